The number of rotatable bonds is 6. The second-order valence-electron chi connectivity index (χ2n) is 8.90. The average Bonchev–Trinajstić information content (AvgIpc) is 3.28. The van der Waals surface area contributed by atoms with E-state index in [1.807, 2.05) is 30.3 Å². The molecule has 0 aromatic heterocycles. The van der Waals surface area contributed by atoms with Gasteiger partial charge >= 0.3 is 0 Å². The van der Waals surface area contributed by atoms with Gasteiger partial charge in [-0.05, 0) is 50.5 Å². The molecule has 0 atom stereocenters. The molecule has 3 amide bonds. The number of nitrogens with zero attached hydrogens (tertiary/aromatic N) is 1. The minimum Gasteiger partial charge on any atom is -0.476 e. The fourth-order valence-corrected chi connectivity index (χ4v) is 4.23. The molecule has 1 heterocycles. The first kappa shape index (κ1) is 21.9. The van der Waals surface area contributed by atoms with E-state index < -0.39 is 5.60 Å². The van der Waals surface area contributed by atoms with E-state index in [2.05, 4.69) is 10.6 Å². The minimum atomic E-state index is -1.10. The van der Waals surface area contributed by atoms with Gasteiger partial charge in [-0.3, -0.25) is 19.3 Å². The van der Waals surface area contributed by atoms with Gasteiger partial charge in [-0.1, -0.05) is 43.2 Å². The molecule has 0 unspecified atom stereocenters. The van der Waals surface area contributed by atoms with Gasteiger partial charge in [0.15, 0.2) is 5.60 Å². The highest BCUT2D eigenvalue weighted by atomic mass is 16.5. The van der Waals surface area contributed by atoms with Crippen LogP contribution in [0.5, 0.6) is 5.75 Å². The number of ether oxygens (including phenoxy) is 1. The van der Waals surface area contributed by atoms with Crippen LogP contribution in [0.3, 0.4) is 0 Å². The zero-order valence-electron chi connectivity index (χ0n) is 18.5. The first-order valence-corrected chi connectivity index (χ1v) is 11.1. The first-order valence-electron chi connectivity index (χ1n) is 11.1. The summed E-state index contributed by atoms with van der Waals surface area (Å²) in [6, 6.07) is 14.8. The van der Waals surface area contributed by atoms with Crippen molar-refractivity contribution in [1.29, 1.82) is 0 Å². The second kappa shape index (κ2) is 9.02. The normalized spacial score (nSPS) is 17.4. The number of anilines is 1. The van der Waals surface area contributed by atoms with Crippen LogP contribution in [-0.2, 0) is 16.1 Å². The van der Waals surface area contributed by atoms with E-state index in [0.29, 0.717) is 23.5 Å². The van der Waals surface area contributed by atoms with Gasteiger partial charge in [0.2, 0.25) is 5.91 Å². The molecule has 1 aliphatic heterocycles. The van der Waals surface area contributed by atoms with Crippen molar-refractivity contribution in [2.45, 2.75) is 57.7 Å². The Morgan fingerprint density at radius 2 is 1.81 bits per heavy atom. The molecule has 0 saturated heterocycles. The molecule has 2 aromatic carbocycles. The lowest BCUT2D eigenvalue weighted by atomic mass is 10.0. The van der Waals surface area contributed by atoms with Crippen molar-refractivity contribution < 1.29 is 19.1 Å². The van der Waals surface area contributed by atoms with Gasteiger partial charge in [0, 0.05) is 18.2 Å². The van der Waals surface area contributed by atoms with Crippen LogP contribution >= 0.6 is 0 Å². The summed E-state index contributed by atoms with van der Waals surface area (Å²) in [7, 11) is 0. The molecule has 1 saturated carbocycles. The Morgan fingerprint density at radius 1 is 1.09 bits per heavy atom. The maximum absolute atomic E-state index is 13.1. The maximum atomic E-state index is 13.1. The zero-order valence-corrected chi connectivity index (χ0v) is 18.5. The molecule has 2 aromatic rings. The van der Waals surface area contributed by atoms with Crippen molar-refractivity contribution in [3.63, 3.8) is 0 Å². The van der Waals surface area contributed by atoms with Gasteiger partial charge in [-0.25, -0.2) is 0 Å². The average molecular weight is 436 g/mol. The summed E-state index contributed by atoms with van der Waals surface area (Å²) in [5.41, 5.74) is 0.724. The highest BCUT2D eigenvalue weighted by Gasteiger charge is 2.42. The molecule has 1 fully saturated rings. The van der Waals surface area contributed by atoms with Crippen molar-refractivity contribution in [3.8, 4) is 5.75 Å². The fourth-order valence-electron chi connectivity index (χ4n) is 4.23. The van der Waals surface area contributed by atoms with E-state index >= 15 is 0 Å². The number of carbonyl (C=O) groups is 3. The van der Waals surface area contributed by atoms with Crippen molar-refractivity contribution in [3.05, 3.63) is 59.7 Å². The van der Waals surface area contributed by atoms with Gasteiger partial charge in [0.25, 0.3) is 11.8 Å². The maximum Gasteiger partial charge on any atom is 0.271 e. The summed E-state index contributed by atoms with van der Waals surface area (Å²) in [5, 5.41) is 5.92. The molecular weight excluding hydrogens is 406 g/mol. The van der Waals surface area contributed by atoms with Crippen LogP contribution < -0.4 is 20.3 Å². The predicted molar refractivity (Wildman–Crippen MR) is 122 cm³/mol. The van der Waals surface area contributed by atoms with Crippen LogP contribution in [0.2, 0.25) is 0 Å². The Balaban J connectivity index is 1.53. The minimum absolute atomic E-state index is 0.107. The summed E-state index contributed by atoms with van der Waals surface area (Å²) >= 11 is 0. The summed E-state index contributed by atoms with van der Waals surface area (Å²) in [6.45, 7) is 3.65. The third-order valence-electron chi connectivity index (χ3n) is 5.96. The molecular formula is C25H29N3O4. The molecule has 7 heteroatoms. The molecule has 0 bridgehead atoms. The van der Waals surface area contributed by atoms with E-state index in [1.54, 1.807) is 32.0 Å². The molecule has 0 spiro atoms. The summed E-state index contributed by atoms with van der Waals surface area (Å²) < 4.78 is 5.89. The van der Waals surface area contributed by atoms with Gasteiger partial charge in [-0.15, -0.1) is 0 Å². The Morgan fingerprint density at radius 3 is 2.53 bits per heavy atom. The summed E-state index contributed by atoms with van der Waals surface area (Å²) in [4.78, 5) is 39.9. The number of nitrogens with one attached hydrogen (secondary N) is 2. The predicted octanol–water partition coefficient (Wildman–Crippen LogP) is 3.18. The summed E-state index contributed by atoms with van der Waals surface area (Å²) in [6.07, 6.45) is 4.16. The SMILES string of the molecule is CC1(C)Oc2ccc(C(=O)NCc3ccccc3)cc2N(CC(=O)NC2CCCC2)C1=O. The van der Waals surface area contributed by atoms with Crippen LogP contribution in [0.25, 0.3) is 0 Å². The van der Waals surface area contributed by atoms with Gasteiger partial charge < -0.3 is 15.4 Å². The van der Waals surface area contributed by atoms with Crippen LogP contribution in [0, 0.1) is 0 Å². The lowest BCUT2D eigenvalue weighted by Gasteiger charge is -2.38. The highest BCUT2D eigenvalue weighted by molar-refractivity contribution is 6.07. The Bertz CT molecular complexity index is 1010. The topological polar surface area (TPSA) is 87.7 Å². The van der Waals surface area contributed by atoms with Crippen LogP contribution in [0.4, 0.5) is 5.69 Å². The molecule has 4 rings (SSSR count). The molecule has 1 aliphatic carbocycles. The molecule has 0 radical (unpaired) electrons. The number of carbonyl (C=O) groups excluding carboxylic acids is 3. The van der Waals surface area contributed by atoms with E-state index in [4.69, 9.17) is 4.74 Å². The number of hydrogen-bond acceptors (Lipinski definition) is 4. The highest BCUT2D eigenvalue weighted by Crippen LogP contribution is 2.38. The van der Waals surface area contributed by atoms with Crippen molar-refractivity contribution in [2.24, 2.45) is 0 Å². The van der Waals surface area contributed by atoms with Gasteiger partial charge in [-0.2, -0.15) is 0 Å². The summed E-state index contributed by atoms with van der Waals surface area (Å²) in [5.74, 6) is -0.298. The monoisotopic (exact) mass is 435 g/mol. The van der Waals surface area contributed by atoms with Crippen LogP contribution in [0.15, 0.2) is 48.5 Å². The third kappa shape index (κ3) is 4.77. The zero-order chi connectivity index (χ0) is 22.7. The van der Waals surface area contributed by atoms with Crippen LogP contribution in [0.1, 0.15) is 55.5 Å². The lowest BCUT2D eigenvalue weighted by molar-refractivity contribution is -0.134. The quantitative estimate of drug-likeness (QED) is 0.730. The number of benzene rings is 2. The number of hydrogen-bond donors (Lipinski definition) is 2. The van der Waals surface area contributed by atoms with Gasteiger partial charge in [0.05, 0.1) is 5.69 Å². The van der Waals surface area contributed by atoms with E-state index in [0.717, 1.165) is 31.2 Å². The third-order valence-corrected chi connectivity index (χ3v) is 5.96. The van der Waals surface area contributed by atoms with Crippen molar-refractivity contribution in [1.82, 2.24) is 10.6 Å². The molecule has 2 aliphatic rings. The number of fused-ring (bicyclic) bond motifs is 1. The lowest BCUT2D eigenvalue weighted by Crippen LogP contribution is -2.55. The molecule has 32 heavy (non-hydrogen) atoms. The second-order valence-corrected chi connectivity index (χ2v) is 8.90. The van der Waals surface area contributed by atoms with Crippen molar-refractivity contribution in [2.75, 3.05) is 11.4 Å². The fraction of sp³-hybridized carbons (Fsp3) is 0.400. The molecule has 7 nitrogen and oxygen atoms in total. The Kier molecular flexibility index (Phi) is 6.17. The van der Waals surface area contributed by atoms with E-state index in [9.17, 15) is 14.4 Å². The van der Waals surface area contributed by atoms with Crippen LogP contribution in [-0.4, -0.2) is 35.9 Å². The Labute approximate surface area is 188 Å². The first-order chi connectivity index (χ1) is 15.3. The Hall–Kier alpha value is -3.35. The largest absolute Gasteiger partial charge is 0.476 e. The van der Waals surface area contributed by atoms with E-state index in [1.165, 1.54) is 4.90 Å². The van der Waals surface area contributed by atoms with Crippen molar-refractivity contribution >= 4 is 23.4 Å². The molecule has 2 N–H and O–H groups in total. The van der Waals surface area contributed by atoms with Gasteiger partial charge in [0.1, 0.15) is 12.3 Å². The smallest absolute Gasteiger partial charge is 0.271 e. The van der Waals surface area contributed by atoms with E-state index in [-0.39, 0.29) is 30.3 Å². The standard InChI is InChI=1S/C25H29N3O4/c1-25(2)24(31)28(16-22(29)27-19-10-6-7-11-19)20-14-18(12-13-21(20)32-25)23(30)26-15-17-8-4-3-5-9-17/h3-5,8-9,12-14,19H,6-7,10-11,15-16H2,1-2H3,(H,26,30)(H,27,29). The molecule has 168 valence electrons. The number of amides is 3.